The van der Waals surface area contributed by atoms with Gasteiger partial charge in [-0.25, -0.2) is 15.0 Å². The predicted molar refractivity (Wildman–Crippen MR) is 115 cm³/mol. The summed E-state index contributed by atoms with van der Waals surface area (Å²) in [7, 11) is 0. The fourth-order valence-corrected chi connectivity index (χ4v) is 4.33. The molecule has 2 fully saturated rings. The number of ether oxygens (including phenoxy) is 2. The largest absolute Gasteiger partial charge is 0.482 e. The third-order valence-corrected chi connectivity index (χ3v) is 5.66. The molecule has 2 aromatic rings. The Balaban J connectivity index is 1.36. The number of rotatable bonds is 8. The molecule has 2 heterocycles. The fraction of sp³-hybridized carbons (Fsp3) is 0.348. The first-order valence-electron chi connectivity index (χ1n) is 10.3. The van der Waals surface area contributed by atoms with E-state index in [0.29, 0.717) is 11.4 Å². The summed E-state index contributed by atoms with van der Waals surface area (Å²) >= 11 is 0. The number of carbonyl (C=O) groups excluding carboxylic acids is 1. The summed E-state index contributed by atoms with van der Waals surface area (Å²) in [6.45, 7) is -0.368. The highest BCUT2D eigenvalue weighted by molar-refractivity contribution is 5.89. The molecule has 2 aliphatic rings. The summed E-state index contributed by atoms with van der Waals surface area (Å²) in [6, 6.07) is 16.3. The van der Waals surface area contributed by atoms with Crippen LogP contribution in [0.2, 0.25) is 0 Å². The number of anilines is 1. The van der Waals surface area contributed by atoms with E-state index in [1.54, 1.807) is 24.4 Å². The highest BCUT2D eigenvalue weighted by Crippen LogP contribution is 2.44. The molecule has 0 spiro atoms. The molecule has 4 rings (SSSR count). The van der Waals surface area contributed by atoms with Gasteiger partial charge in [-0.3, -0.25) is 0 Å². The first kappa shape index (κ1) is 20.9. The van der Waals surface area contributed by atoms with Crippen molar-refractivity contribution < 1.29 is 24.2 Å². The van der Waals surface area contributed by atoms with Crippen LogP contribution in [-0.4, -0.2) is 42.1 Å². The van der Waals surface area contributed by atoms with Gasteiger partial charge in [-0.2, -0.15) is 5.10 Å². The third-order valence-electron chi connectivity index (χ3n) is 5.66. The highest BCUT2D eigenvalue weighted by atomic mass is 16.5. The predicted octanol–water partition coefficient (Wildman–Crippen LogP) is 3.29. The van der Waals surface area contributed by atoms with Crippen LogP contribution in [0.25, 0.3) is 0 Å². The van der Waals surface area contributed by atoms with Crippen LogP contribution < -0.4 is 15.5 Å². The van der Waals surface area contributed by atoms with Crippen LogP contribution in [0.5, 0.6) is 5.75 Å². The minimum atomic E-state index is -1.01. The van der Waals surface area contributed by atoms with E-state index in [4.69, 9.17) is 14.6 Å². The number of carbonyl (C=O) groups is 2. The Morgan fingerprint density at radius 1 is 1.13 bits per heavy atom. The summed E-state index contributed by atoms with van der Waals surface area (Å²) in [6.07, 6.45) is 4.79. The van der Waals surface area contributed by atoms with Gasteiger partial charge in [-0.15, -0.1) is 0 Å². The molecule has 8 heteroatoms. The van der Waals surface area contributed by atoms with Crippen LogP contribution in [0.3, 0.4) is 0 Å². The second kappa shape index (κ2) is 9.61. The fourth-order valence-electron chi connectivity index (χ4n) is 4.33. The molecule has 162 valence electrons. The Kier molecular flexibility index (Phi) is 6.47. The van der Waals surface area contributed by atoms with Gasteiger partial charge in [0.2, 0.25) is 0 Å². The Morgan fingerprint density at radius 3 is 2.74 bits per heavy atom. The van der Waals surface area contributed by atoms with Crippen molar-refractivity contribution in [2.45, 2.75) is 31.5 Å². The van der Waals surface area contributed by atoms with Gasteiger partial charge in [0.1, 0.15) is 5.75 Å². The van der Waals surface area contributed by atoms with E-state index in [1.807, 2.05) is 36.4 Å². The van der Waals surface area contributed by atoms with Crippen LogP contribution >= 0.6 is 0 Å². The van der Waals surface area contributed by atoms with Crippen molar-refractivity contribution in [3.05, 3.63) is 60.2 Å². The minimum Gasteiger partial charge on any atom is -0.482 e. The number of fused-ring (bicyclic) bond motifs is 2. The molecule has 2 saturated heterocycles. The third kappa shape index (κ3) is 5.40. The molecule has 0 radical (unpaired) electrons. The van der Waals surface area contributed by atoms with E-state index in [0.717, 1.165) is 24.8 Å². The molecular formula is C23H25N3O5. The van der Waals surface area contributed by atoms with E-state index in [2.05, 4.69) is 15.8 Å². The number of urea groups is 1. The summed E-state index contributed by atoms with van der Waals surface area (Å²) in [4.78, 5) is 22.8. The zero-order chi connectivity index (χ0) is 21.6. The summed E-state index contributed by atoms with van der Waals surface area (Å²) in [5.41, 5.74) is 4.28. The van der Waals surface area contributed by atoms with Gasteiger partial charge in [0.15, 0.2) is 6.61 Å². The van der Waals surface area contributed by atoms with E-state index in [1.165, 1.54) is 0 Å². The lowest BCUT2D eigenvalue weighted by atomic mass is 9.77. The van der Waals surface area contributed by atoms with E-state index >= 15 is 0 Å². The van der Waals surface area contributed by atoms with Gasteiger partial charge in [-0.05, 0) is 55.0 Å². The molecule has 2 bridgehead atoms. The number of para-hydroxylation sites is 1. The molecule has 0 aromatic heterocycles. The standard InChI is InChI=1S/C23H25N3O5/c27-22(28)14-30-17-8-4-5-15(11-17)12-18-19(21-10-9-20(18)31-21)13-24-26-23(29)25-16-6-2-1-3-7-16/h1-8,11,13,18-21H,9-10,12,14H2,(H,27,28)(H2,25,26,29)/b24-13+/t18-,19+,20+,21-/m1/s1. The number of nitrogens with zero attached hydrogens (tertiary/aromatic N) is 1. The zero-order valence-corrected chi connectivity index (χ0v) is 16.9. The number of hydrogen-bond acceptors (Lipinski definition) is 5. The van der Waals surface area contributed by atoms with Crippen molar-refractivity contribution in [3.63, 3.8) is 0 Å². The number of nitrogens with one attached hydrogen (secondary N) is 2. The number of carboxylic acids is 1. The highest BCUT2D eigenvalue weighted by Gasteiger charge is 2.48. The topological polar surface area (TPSA) is 109 Å². The molecular weight excluding hydrogens is 398 g/mol. The average Bonchev–Trinajstić information content (AvgIpc) is 3.36. The second-order valence-corrected chi connectivity index (χ2v) is 7.78. The Morgan fingerprint density at radius 2 is 1.94 bits per heavy atom. The Hall–Kier alpha value is -3.39. The first-order chi connectivity index (χ1) is 15.1. The van der Waals surface area contributed by atoms with Gasteiger partial charge >= 0.3 is 12.0 Å². The molecule has 0 unspecified atom stereocenters. The van der Waals surface area contributed by atoms with Crippen molar-refractivity contribution in [2.75, 3.05) is 11.9 Å². The maximum atomic E-state index is 12.0. The van der Waals surface area contributed by atoms with Crippen LogP contribution in [0.4, 0.5) is 10.5 Å². The molecule has 0 saturated carbocycles. The molecule has 3 N–H and O–H groups in total. The van der Waals surface area contributed by atoms with Crippen LogP contribution in [0.1, 0.15) is 18.4 Å². The molecule has 4 atom stereocenters. The zero-order valence-electron chi connectivity index (χ0n) is 16.9. The smallest absolute Gasteiger partial charge is 0.341 e. The number of carboxylic acid groups (broad SMARTS) is 1. The van der Waals surface area contributed by atoms with E-state index in [-0.39, 0.29) is 30.7 Å². The van der Waals surface area contributed by atoms with Gasteiger partial charge in [0, 0.05) is 17.8 Å². The molecule has 0 aliphatic carbocycles. The number of hydrazone groups is 1. The van der Waals surface area contributed by atoms with Gasteiger partial charge in [-0.1, -0.05) is 30.3 Å². The molecule has 2 aliphatic heterocycles. The van der Waals surface area contributed by atoms with Crippen molar-refractivity contribution >= 4 is 23.9 Å². The maximum Gasteiger partial charge on any atom is 0.341 e. The van der Waals surface area contributed by atoms with E-state index < -0.39 is 12.0 Å². The number of benzene rings is 2. The number of hydrogen-bond donors (Lipinski definition) is 3. The Bertz CT molecular complexity index is 949. The van der Waals surface area contributed by atoms with Crippen LogP contribution in [-0.2, 0) is 16.0 Å². The lowest BCUT2D eigenvalue weighted by molar-refractivity contribution is -0.139. The monoisotopic (exact) mass is 423 g/mol. The lowest BCUT2D eigenvalue weighted by Gasteiger charge is -2.25. The van der Waals surface area contributed by atoms with Crippen LogP contribution in [0.15, 0.2) is 59.7 Å². The summed E-state index contributed by atoms with van der Waals surface area (Å²) in [5, 5.41) is 15.7. The van der Waals surface area contributed by atoms with Gasteiger partial charge in [0.25, 0.3) is 0 Å². The number of aliphatic carboxylic acids is 1. The Labute approximate surface area is 180 Å². The average molecular weight is 423 g/mol. The van der Waals surface area contributed by atoms with Gasteiger partial charge in [0.05, 0.1) is 12.2 Å². The van der Waals surface area contributed by atoms with Gasteiger partial charge < -0.3 is 19.9 Å². The minimum absolute atomic E-state index is 0.0966. The van der Waals surface area contributed by atoms with Crippen molar-refractivity contribution in [1.82, 2.24) is 5.43 Å². The van der Waals surface area contributed by atoms with Crippen molar-refractivity contribution in [1.29, 1.82) is 0 Å². The summed E-state index contributed by atoms with van der Waals surface area (Å²) in [5.74, 6) is -0.143. The molecule has 2 amide bonds. The first-order valence-corrected chi connectivity index (χ1v) is 10.3. The SMILES string of the molecule is O=C(O)COc1cccc(C[C@@H]2[C@H](/C=N/NC(=O)Nc3ccccc3)[C@H]3CC[C@@H]2O3)c1. The van der Waals surface area contributed by atoms with Crippen molar-refractivity contribution in [2.24, 2.45) is 16.9 Å². The molecule has 8 nitrogen and oxygen atoms in total. The van der Waals surface area contributed by atoms with E-state index in [9.17, 15) is 9.59 Å². The maximum absolute atomic E-state index is 12.0. The van der Waals surface area contributed by atoms with Crippen molar-refractivity contribution in [3.8, 4) is 5.75 Å². The number of amides is 2. The lowest BCUT2D eigenvalue weighted by Crippen LogP contribution is -2.31. The molecule has 2 aromatic carbocycles. The molecule has 31 heavy (non-hydrogen) atoms. The quantitative estimate of drug-likeness (QED) is 0.446. The van der Waals surface area contributed by atoms with Crippen LogP contribution in [0, 0.1) is 11.8 Å². The second-order valence-electron chi connectivity index (χ2n) is 7.78. The normalized spacial score (nSPS) is 24.3. The summed E-state index contributed by atoms with van der Waals surface area (Å²) < 4.78 is 11.4.